The van der Waals surface area contributed by atoms with E-state index in [9.17, 15) is 9.59 Å². The molecular weight excluding hydrogens is 218 g/mol. The van der Waals surface area contributed by atoms with Crippen molar-refractivity contribution < 1.29 is 14.7 Å². The van der Waals surface area contributed by atoms with Crippen molar-refractivity contribution in [3.8, 4) is 0 Å². The van der Waals surface area contributed by atoms with E-state index in [-0.39, 0.29) is 6.54 Å². The van der Waals surface area contributed by atoms with Crippen LogP contribution >= 0.6 is 11.3 Å². The van der Waals surface area contributed by atoms with Gasteiger partial charge in [0.05, 0.1) is 5.01 Å². The van der Waals surface area contributed by atoms with Crippen molar-refractivity contribution in [1.82, 2.24) is 15.6 Å². The molecule has 0 radical (unpaired) electrons. The van der Waals surface area contributed by atoms with Gasteiger partial charge in [0, 0.05) is 24.5 Å². The monoisotopic (exact) mass is 229 g/mol. The first-order chi connectivity index (χ1) is 7.18. The fraction of sp³-hybridized carbons (Fsp3) is 0.375. The quantitative estimate of drug-likeness (QED) is 0.666. The molecular formula is C8H11N3O3S. The van der Waals surface area contributed by atoms with Gasteiger partial charge in [-0.15, -0.1) is 11.3 Å². The van der Waals surface area contributed by atoms with Gasteiger partial charge in [-0.2, -0.15) is 0 Å². The Morgan fingerprint density at radius 2 is 2.27 bits per heavy atom. The summed E-state index contributed by atoms with van der Waals surface area (Å²) in [5, 5.41) is 15.8. The number of aromatic nitrogens is 1. The van der Waals surface area contributed by atoms with E-state index < -0.39 is 12.0 Å². The van der Waals surface area contributed by atoms with Crippen LogP contribution in [0.15, 0.2) is 11.6 Å². The molecule has 0 unspecified atom stereocenters. The largest absolute Gasteiger partial charge is 0.480 e. The Morgan fingerprint density at radius 3 is 2.87 bits per heavy atom. The SMILES string of the molecule is O=C(O)CNC(=O)NCCc1nccs1. The molecule has 0 saturated carbocycles. The van der Waals surface area contributed by atoms with E-state index in [0.717, 1.165) is 5.01 Å². The van der Waals surface area contributed by atoms with Gasteiger partial charge in [-0.3, -0.25) is 4.79 Å². The van der Waals surface area contributed by atoms with E-state index >= 15 is 0 Å². The Bertz CT molecular complexity index is 326. The van der Waals surface area contributed by atoms with Gasteiger partial charge in [-0.25, -0.2) is 9.78 Å². The summed E-state index contributed by atoms with van der Waals surface area (Å²) in [7, 11) is 0. The Hall–Kier alpha value is -1.63. The highest BCUT2D eigenvalue weighted by Crippen LogP contribution is 2.03. The van der Waals surface area contributed by atoms with Crippen molar-refractivity contribution in [3.63, 3.8) is 0 Å². The molecule has 0 saturated heterocycles. The summed E-state index contributed by atoms with van der Waals surface area (Å²) in [4.78, 5) is 25.1. The Morgan fingerprint density at radius 1 is 1.47 bits per heavy atom. The Labute approximate surface area is 90.3 Å². The topological polar surface area (TPSA) is 91.3 Å². The van der Waals surface area contributed by atoms with Crippen molar-refractivity contribution in [1.29, 1.82) is 0 Å². The minimum Gasteiger partial charge on any atom is -0.480 e. The highest BCUT2D eigenvalue weighted by molar-refractivity contribution is 7.09. The number of nitrogens with one attached hydrogen (secondary N) is 2. The molecule has 7 heteroatoms. The molecule has 82 valence electrons. The molecule has 1 aromatic rings. The van der Waals surface area contributed by atoms with Gasteiger partial charge in [0.25, 0.3) is 0 Å². The van der Waals surface area contributed by atoms with Crippen LogP contribution < -0.4 is 10.6 Å². The maximum absolute atomic E-state index is 11.0. The van der Waals surface area contributed by atoms with Crippen LogP contribution in [0.3, 0.4) is 0 Å². The molecule has 0 spiro atoms. The van der Waals surface area contributed by atoms with Crippen LogP contribution in [0, 0.1) is 0 Å². The number of carbonyl (C=O) groups is 2. The van der Waals surface area contributed by atoms with Crippen molar-refractivity contribution in [3.05, 3.63) is 16.6 Å². The lowest BCUT2D eigenvalue weighted by atomic mass is 10.4. The second-order valence-corrected chi connectivity index (χ2v) is 3.66. The Kier molecular flexibility index (Phi) is 4.55. The number of urea groups is 1. The highest BCUT2D eigenvalue weighted by Gasteiger charge is 2.02. The zero-order valence-corrected chi connectivity index (χ0v) is 8.71. The highest BCUT2D eigenvalue weighted by atomic mass is 32.1. The van der Waals surface area contributed by atoms with Crippen LogP contribution in [-0.4, -0.2) is 35.2 Å². The summed E-state index contributed by atoms with van der Waals surface area (Å²) in [6.07, 6.45) is 2.35. The smallest absolute Gasteiger partial charge is 0.323 e. The maximum Gasteiger partial charge on any atom is 0.323 e. The molecule has 3 N–H and O–H groups in total. The summed E-state index contributed by atoms with van der Waals surface area (Å²) in [5.74, 6) is -1.06. The normalized spacial score (nSPS) is 9.60. The van der Waals surface area contributed by atoms with Crippen LogP contribution in [0.5, 0.6) is 0 Å². The van der Waals surface area contributed by atoms with E-state index in [4.69, 9.17) is 5.11 Å². The fourth-order valence-corrected chi connectivity index (χ4v) is 1.50. The molecule has 0 aliphatic carbocycles. The molecule has 15 heavy (non-hydrogen) atoms. The number of rotatable bonds is 5. The maximum atomic E-state index is 11.0. The van der Waals surface area contributed by atoms with Gasteiger partial charge >= 0.3 is 12.0 Å². The van der Waals surface area contributed by atoms with E-state index in [1.165, 1.54) is 11.3 Å². The molecule has 0 aliphatic rings. The first-order valence-electron chi connectivity index (χ1n) is 4.30. The number of carbonyl (C=O) groups excluding carboxylic acids is 1. The molecule has 2 amide bonds. The van der Waals surface area contributed by atoms with Gasteiger partial charge in [0.1, 0.15) is 6.54 Å². The number of nitrogens with zero attached hydrogens (tertiary/aromatic N) is 1. The second kappa shape index (κ2) is 5.97. The van der Waals surface area contributed by atoms with E-state index in [1.807, 2.05) is 5.38 Å². The number of thiazole rings is 1. The van der Waals surface area contributed by atoms with Crippen LogP contribution in [0.1, 0.15) is 5.01 Å². The van der Waals surface area contributed by atoms with Crippen molar-refractivity contribution in [2.75, 3.05) is 13.1 Å². The lowest BCUT2D eigenvalue weighted by Crippen LogP contribution is -2.39. The number of hydrogen-bond donors (Lipinski definition) is 3. The number of aliphatic carboxylic acids is 1. The standard InChI is InChI=1S/C8H11N3O3S/c12-7(13)5-11-8(14)10-2-1-6-9-3-4-15-6/h3-4H,1-2,5H2,(H,12,13)(H2,10,11,14). The molecule has 1 rings (SSSR count). The zero-order valence-electron chi connectivity index (χ0n) is 7.90. The lowest BCUT2D eigenvalue weighted by molar-refractivity contribution is -0.135. The van der Waals surface area contributed by atoms with E-state index in [1.54, 1.807) is 6.20 Å². The molecule has 0 atom stereocenters. The first kappa shape index (κ1) is 11.4. The minimum atomic E-state index is -1.06. The first-order valence-corrected chi connectivity index (χ1v) is 5.18. The summed E-state index contributed by atoms with van der Waals surface area (Å²) in [6.45, 7) is 0.0715. The second-order valence-electron chi connectivity index (χ2n) is 2.68. The van der Waals surface area contributed by atoms with Crippen LogP contribution in [0.2, 0.25) is 0 Å². The molecule has 0 aromatic carbocycles. The van der Waals surface area contributed by atoms with Gasteiger partial charge in [0.15, 0.2) is 0 Å². The van der Waals surface area contributed by atoms with E-state index in [2.05, 4.69) is 15.6 Å². The molecule has 0 bridgehead atoms. The molecule has 1 aromatic heterocycles. The summed E-state index contributed by atoms with van der Waals surface area (Å²) >= 11 is 1.52. The lowest BCUT2D eigenvalue weighted by Gasteiger charge is -2.03. The van der Waals surface area contributed by atoms with Crippen LogP contribution in [0.25, 0.3) is 0 Å². The number of carboxylic acids is 1. The summed E-state index contributed by atoms with van der Waals surface area (Å²) in [6, 6.07) is -0.478. The van der Waals surface area contributed by atoms with Gasteiger partial charge in [0.2, 0.25) is 0 Å². The predicted octanol–water partition coefficient (Wildman–Crippen LogP) is 0.0694. The van der Waals surface area contributed by atoms with Crippen LogP contribution in [-0.2, 0) is 11.2 Å². The molecule has 6 nitrogen and oxygen atoms in total. The summed E-state index contributed by atoms with van der Waals surface area (Å²) in [5.41, 5.74) is 0. The average molecular weight is 229 g/mol. The molecule has 0 fully saturated rings. The minimum absolute atomic E-state index is 0.372. The zero-order chi connectivity index (χ0) is 11.1. The third kappa shape index (κ3) is 4.96. The van der Waals surface area contributed by atoms with Gasteiger partial charge in [-0.05, 0) is 0 Å². The summed E-state index contributed by atoms with van der Waals surface area (Å²) < 4.78 is 0. The Balaban J connectivity index is 2.09. The van der Waals surface area contributed by atoms with Crippen LogP contribution in [0.4, 0.5) is 4.79 Å². The van der Waals surface area contributed by atoms with Crippen molar-refractivity contribution in [2.24, 2.45) is 0 Å². The number of amides is 2. The predicted molar refractivity (Wildman–Crippen MR) is 54.9 cm³/mol. The molecule has 0 aliphatic heterocycles. The van der Waals surface area contributed by atoms with Crippen molar-refractivity contribution >= 4 is 23.3 Å². The van der Waals surface area contributed by atoms with Crippen molar-refractivity contribution in [2.45, 2.75) is 6.42 Å². The van der Waals surface area contributed by atoms with Gasteiger partial charge in [-0.1, -0.05) is 0 Å². The molecule has 1 heterocycles. The van der Waals surface area contributed by atoms with E-state index in [0.29, 0.717) is 13.0 Å². The number of carboxylic acid groups (broad SMARTS) is 1. The third-order valence-electron chi connectivity index (χ3n) is 1.51. The third-order valence-corrected chi connectivity index (χ3v) is 2.35. The fourth-order valence-electron chi connectivity index (χ4n) is 0.878. The average Bonchev–Trinajstić information content (AvgIpc) is 2.67. The number of hydrogen-bond acceptors (Lipinski definition) is 4. The van der Waals surface area contributed by atoms with Gasteiger partial charge < -0.3 is 15.7 Å².